The Hall–Kier alpha value is -2.17. The van der Waals surface area contributed by atoms with Gasteiger partial charge in [0.15, 0.2) is 0 Å². The molecule has 2 aromatic rings. The van der Waals surface area contributed by atoms with Crippen molar-refractivity contribution in [2.24, 2.45) is 5.92 Å². The highest BCUT2D eigenvalue weighted by molar-refractivity contribution is 5.76. The summed E-state index contributed by atoms with van der Waals surface area (Å²) in [7, 11) is 0. The molecule has 0 fully saturated rings. The van der Waals surface area contributed by atoms with E-state index in [1.54, 1.807) is 18.6 Å². The van der Waals surface area contributed by atoms with Gasteiger partial charge in [-0.2, -0.15) is 0 Å². The van der Waals surface area contributed by atoms with Crippen LogP contribution in [0.5, 0.6) is 0 Å². The molecular weight excluding hydrogens is 264 g/mol. The average molecular weight is 286 g/mol. The van der Waals surface area contributed by atoms with Crippen molar-refractivity contribution in [3.05, 3.63) is 48.3 Å². The first-order chi connectivity index (χ1) is 10.1. The Bertz CT molecular complexity index is 537. The van der Waals surface area contributed by atoms with Gasteiger partial charge in [-0.25, -0.2) is 4.98 Å². The molecule has 0 unspecified atom stereocenters. The minimum absolute atomic E-state index is 0.156. The second kappa shape index (κ2) is 7.57. The molecule has 112 valence electrons. The average Bonchev–Trinajstić information content (AvgIpc) is 2.98. The number of nitrogens with zero attached hydrogens (tertiary/aromatic N) is 3. The lowest BCUT2D eigenvalue weighted by molar-refractivity contribution is -0.132. The Morgan fingerprint density at radius 1 is 1.38 bits per heavy atom. The van der Waals surface area contributed by atoms with E-state index in [0.29, 0.717) is 18.9 Å². The molecule has 0 aliphatic rings. The van der Waals surface area contributed by atoms with Gasteiger partial charge in [-0.1, -0.05) is 19.9 Å². The molecule has 5 nitrogen and oxygen atoms in total. The van der Waals surface area contributed by atoms with Crippen molar-refractivity contribution in [1.82, 2.24) is 19.9 Å². The number of rotatable bonds is 7. The van der Waals surface area contributed by atoms with Gasteiger partial charge in [-0.15, -0.1) is 0 Å². The molecule has 0 saturated heterocycles. The number of carbonyl (C=O) groups excluding carboxylic acids is 1. The molecule has 0 spiro atoms. The van der Waals surface area contributed by atoms with E-state index in [0.717, 1.165) is 24.4 Å². The van der Waals surface area contributed by atoms with Crippen LogP contribution in [0, 0.1) is 5.92 Å². The third-order valence-corrected chi connectivity index (χ3v) is 3.18. The standard InChI is InChI=1S/C16H22N4O/c1-13(2)11-20(12-15-18-8-9-19-15)16(21)6-5-14-4-3-7-17-10-14/h3-4,7-10,13H,5-6,11-12H2,1-2H3,(H,18,19). The molecule has 21 heavy (non-hydrogen) atoms. The predicted octanol–water partition coefficient (Wildman–Crippen LogP) is 2.42. The summed E-state index contributed by atoms with van der Waals surface area (Å²) in [6.45, 7) is 5.51. The van der Waals surface area contributed by atoms with Crippen LogP contribution in [0.2, 0.25) is 0 Å². The van der Waals surface area contributed by atoms with Gasteiger partial charge in [0, 0.05) is 37.8 Å². The molecule has 0 radical (unpaired) electrons. The van der Waals surface area contributed by atoms with Crippen LogP contribution in [0.1, 0.15) is 31.7 Å². The summed E-state index contributed by atoms with van der Waals surface area (Å²) in [5.41, 5.74) is 1.09. The number of hydrogen-bond acceptors (Lipinski definition) is 3. The first-order valence-electron chi connectivity index (χ1n) is 7.30. The van der Waals surface area contributed by atoms with Crippen LogP contribution < -0.4 is 0 Å². The number of imidazole rings is 1. The molecular formula is C16H22N4O. The number of H-pyrrole nitrogens is 1. The number of aromatic nitrogens is 3. The van der Waals surface area contributed by atoms with Crippen molar-refractivity contribution < 1.29 is 4.79 Å². The lowest BCUT2D eigenvalue weighted by Gasteiger charge is -2.23. The maximum Gasteiger partial charge on any atom is 0.223 e. The van der Waals surface area contributed by atoms with E-state index in [4.69, 9.17) is 0 Å². The topological polar surface area (TPSA) is 61.9 Å². The Morgan fingerprint density at radius 3 is 2.86 bits per heavy atom. The van der Waals surface area contributed by atoms with E-state index in [9.17, 15) is 4.79 Å². The fraction of sp³-hybridized carbons (Fsp3) is 0.438. The minimum atomic E-state index is 0.156. The van der Waals surface area contributed by atoms with Gasteiger partial charge >= 0.3 is 0 Å². The van der Waals surface area contributed by atoms with E-state index in [2.05, 4.69) is 28.8 Å². The lowest BCUT2D eigenvalue weighted by atomic mass is 10.1. The van der Waals surface area contributed by atoms with Crippen LogP contribution in [0.25, 0.3) is 0 Å². The van der Waals surface area contributed by atoms with Crippen LogP contribution >= 0.6 is 0 Å². The molecule has 0 atom stereocenters. The summed E-state index contributed by atoms with van der Waals surface area (Å²) in [6.07, 6.45) is 8.27. The molecule has 5 heteroatoms. The van der Waals surface area contributed by atoms with Gasteiger partial charge in [-0.05, 0) is 24.0 Å². The first-order valence-corrected chi connectivity index (χ1v) is 7.30. The highest BCUT2D eigenvalue weighted by Crippen LogP contribution is 2.09. The van der Waals surface area contributed by atoms with Gasteiger partial charge in [0.05, 0.1) is 6.54 Å². The summed E-state index contributed by atoms with van der Waals surface area (Å²) in [5, 5.41) is 0. The number of nitrogens with one attached hydrogen (secondary N) is 1. The zero-order valence-electron chi connectivity index (χ0n) is 12.6. The van der Waals surface area contributed by atoms with Crippen molar-refractivity contribution in [1.29, 1.82) is 0 Å². The zero-order valence-corrected chi connectivity index (χ0v) is 12.6. The molecule has 0 aromatic carbocycles. The van der Waals surface area contributed by atoms with E-state index in [1.165, 1.54) is 0 Å². The summed E-state index contributed by atoms with van der Waals surface area (Å²) in [5.74, 6) is 1.41. The molecule has 0 bridgehead atoms. The zero-order chi connectivity index (χ0) is 15.1. The molecule has 0 saturated carbocycles. The van der Waals surface area contributed by atoms with Gasteiger partial charge < -0.3 is 9.88 Å². The fourth-order valence-electron chi connectivity index (χ4n) is 2.22. The molecule has 2 heterocycles. The van der Waals surface area contributed by atoms with E-state index in [-0.39, 0.29) is 5.91 Å². The van der Waals surface area contributed by atoms with Gasteiger partial charge in [0.1, 0.15) is 5.82 Å². The summed E-state index contributed by atoms with van der Waals surface area (Å²) in [6, 6.07) is 3.90. The number of hydrogen-bond donors (Lipinski definition) is 1. The number of pyridine rings is 1. The Kier molecular flexibility index (Phi) is 5.49. The highest BCUT2D eigenvalue weighted by atomic mass is 16.2. The second-order valence-corrected chi connectivity index (χ2v) is 5.57. The largest absolute Gasteiger partial charge is 0.347 e. The minimum Gasteiger partial charge on any atom is -0.347 e. The SMILES string of the molecule is CC(C)CN(Cc1ncc[nH]1)C(=O)CCc1cccnc1. The molecule has 0 aliphatic carbocycles. The van der Waals surface area contributed by atoms with Crippen LogP contribution in [0.3, 0.4) is 0 Å². The van der Waals surface area contributed by atoms with E-state index < -0.39 is 0 Å². The van der Waals surface area contributed by atoms with Crippen LogP contribution in [0.15, 0.2) is 36.9 Å². The van der Waals surface area contributed by atoms with Crippen molar-refractivity contribution in [2.75, 3.05) is 6.54 Å². The maximum atomic E-state index is 12.4. The number of aryl methyl sites for hydroxylation is 1. The quantitative estimate of drug-likeness (QED) is 0.850. The second-order valence-electron chi connectivity index (χ2n) is 5.57. The van der Waals surface area contributed by atoms with Crippen molar-refractivity contribution >= 4 is 5.91 Å². The molecule has 0 aliphatic heterocycles. The normalized spacial score (nSPS) is 10.8. The predicted molar refractivity (Wildman–Crippen MR) is 81.4 cm³/mol. The fourth-order valence-corrected chi connectivity index (χ4v) is 2.22. The molecule has 1 N–H and O–H groups in total. The third kappa shape index (κ3) is 5.02. The lowest BCUT2D eigenvalue weighted by Crippen LogP contribution is -2.34. The molecule has 2 aromatic heterocycles. The summed E-state index contributed by atoms with van der Waals surface area (Å²) in [4.78, 5) is 25.7. The number of amides is 1. The highest BCUT2D eigenvalue weighted by Gasteiger charge is 2.16. The summed E-state index contributed by atoms with van der Waals surface area (Å²) < 4.78 is 0. The van der Waals surface area contributed by atoms with Crippen molar-refractivity contribution in [3.63, 3.8) is 0 Å². The Balaban J connectivity index is 1.93. The van der Waals surface area contributed by atoms with Crippen LogP contribution in [-0.2, 0) is 17.8 Å². The maximum absolute atomic E-state index is 12.4. The Labute approximate surface area is 125 Å². The van der Waals surface area contributed by atoms with E-state index in [1.807, 2.05) is 23.2 Å². The molecule has 2 rings (SSSR count). The van der Waals surface area contributed by atoms with Crippen LogP contribution in [-0.4, -0.2) is 32.3 Å². The monoisotopic (exact) mass is 286 g/mol. The number of carbonyl (C=O) groups is 1. The Morgan fingerprint density at radius 2 is 2.24 bits per heavy atom. The van der Waals surface area contributed by atoms with Crippen LogP contribution in [0.4, 0.5) is 0 Å². The van der Waals surface area contributed by atoms with Crippen molar-refractivity contribution in [3.8, 4) is 0 Å². The number of aromatic amines is 1. The molecule has 1 amide bonds. The van der Waals surface area contributed by atoms with Gasteiger partial charge in [0.2, 0.25) is 5.91 Å². The smallest absolute Gasteiger partial charge is 0.223 e. The van der Waals surface area contributed by atoms with Gasteiger partial charge in [0.25, 0.3) is 0 Å². The van der Waals surface area contributed by atoms with Crippen molar-refractivity contribution in [2.45, 2.75) is 33.2 Å². The van der Waals surface area contributed by atoms with Gasteiger partial charge in [-0.3, -0.25) is 9.78 Å². The third-order valence-electron chi connectivity index (χ3n) is 3.18. The van der Waals surface area contributed by atoms with E-state index >= 15 is 0 Å². The first kappa shape index (κ1) is 15.2. The summed E-state index contributed by atoms with van der Waals surface area (Å²) >= 11 is 0.